The maximum absolute atomic E-state index is 3.46. The Bertz CT molecular complexity index is 310. The molecule has 1 N–H and O–H groups in total. The molecule has 2 heterocycles. The van der Waals surface area contributed by atoms with Gasteiger partial charge in [0.05, 0.1) is 0 Å². The van der Waals surface area contributed by atoms with Crippen molar-refractivity contribution in [2.75, 3.05) is 39.3 Å². The molecule has 0 spiro atoms. The lowest BCUT2D eigenvalue weighted by molar-refractivity contribution is 0.115. The van der Waals surface area contributed by atoms with Crippen LogP contribution in [-0.4, -0.2) is 60.6 Å². The molecule has 1 atom stereocenters. The first kappa shape index (κ1) is 15.0. The Kier molecular flexibility index (Phi) is 5.04. The Morgan fingerprint density at radius 2 is 1.68 bits per heavy atom. The molecular formula is C16H31N3. The van der Waals surface area contributed by atoms with Crippen molar-refractivity contribution in [3.05, 3.63) is 11.6 Å². The average Bonchev–Trinajstić information content (AvgIpc) is 2.94. The molecule has 0 amide bonds. The topological polar surface area (TPSA) is 18.5 Å². The van der Waals surface area contributed by atoms with E-state index in [0.717, 1.165) is 26.2 Å². The van der Waals surface area contributed by atoms with Gasteiger partial charge in [0.2, 0.25) is 0 Å². The van der Waals surface area contributed by atoms with Gasteiger partial charge in [0.25, 0.3) is 0 Å². The smallest absolute Gasteiger partial charge is 0.0380 e. The molecule has 0 aromatic carbocycles. The van der Waals surface area contributed by atoms with Crippen molar-refractivity contribution in [3.63, 3.8) is 0 Å². The molecule has 2 rings (SSSR count). The lowest BCUT2D eigenvalue weighted by Crippen LogP contribution is -2.56. The van der Waals surface area contributed by atoms with E-state index in [9.17, 15) is 0 Å². The number of allylic oxidation sites excluding steroid dienone is 1. The molecule has 0 bridgehead atoms. The average molecular weight is 265 g/mol. The summed E-state index contributed by atoms with van der Waals surface area (Å²) in [6, 6.07) is 0.581. The standard InChI is InChI=1S/C16H31N3/c1-5-15(14(2)18-10-6-7-11-18)16(3,4)19-12-8-17-9-13-19/h5,14,17H,6-13H2,1-4H3/b15-5+. The van der Waals surface area contributed by atoms with Crippen LogP contribution in [0.3, 0.4) is 0 Å². The van der Waals surface area contributed by atoms with Crippen LogP contribution in [0.2, 0.25) is 0 Å². The molecular weight excluding hydrogens is 234 g/mol. The number of nitrogens with one attached hydrogen (secondary N) is 1. The third kappa shape index (κ3) is 3.21. The van der Waals surface area contributed by atoms with E-state index in [1.807, 2.05) is 0 Å². The van der Waals surface area contributed by atoms with Crippen molar-refractivity contribution in [2.24, 2.45) is 0 Å². The van der Waals surface area contributed by atoms with Crippen molar-refractivity contribution in [1.82, 2.24) is 15.1 Å². The van der Waals surface area contributed by atoms with Crippen LogP contribution < -0.4 is 5.32 Å². The Morgan fingerprint density at radius 3 is 2.21 bits per heavy atom. The van der Waals surface area contributed by atoms with Gasteiger partial charge in [-0.1, -0.05) is 6.08 Å². The van der Waals surface area contributed by atoms with Gasteiger partial charge in [-0.15, -0.1) is 0 Å². The van der Waals surface area contributed by atoms with Gasteiger partial charge in [-0.2, -0.15) is 0 Å². The van der Waals surface area contributed by atoms with Crippen LogP contribution in [0, 0.1) is 0 Å². The summed E-state index contributed by atoms with van der Waals surface area (Å²) in [5.74, 6) is 0. The van der Waals surface area contributed by atoms with E-state index in [1.54, 1.807) is 5.57 Å². The van der Waals surface area contributed by atoms with Gasteiger partial charge in [-0.25, -0.2) is 0 Å². The first-order valence-electron chi connectivity index (χ1n) is 7.94. The number of likely N-dealkylation sites (tertiary alicyclic amines) is 1. The van der Waals surface area contributed by atoms with E-state index in [1.165, 1.54) is 25.9 Å². The first-order chi connectivity index (χ1) is 9.07. The predicted octanol–water partition coefficient (Wildman–Crippen LogP) is 2.10. The van der Waals surface area contributed by atoms with Crippen LogP contribution in [-0.2, 0) is 0 Å². The zero-order valence-electron chi connectivity index (χ0n) is 13.2. The van der Waals surface area contributed by atoms with E-state index in [0.29, 0.717) is 6.04 Å². The molecule has 0 aliphatic carbocycles. The van der Waals surface area contributed by atoms with E-state index in [-0.39, 0.29) is 5.54 Å². The van der Waals surface area contributed by atoms with E-state index in [4.69, 9.17) is 0 Å². The zero-order valence-corrected chi connectivity index (χ0v) is 13.2. The highest BCUT2D eigenvalue weighted by Crippen LogP contribution is 2.30. The molecule has 3 heteroatoms. The maximum Gasteiger partial charge on any atom is 0.0380 e. The zero-order chi connectivity index (χ0) is 13.9. The maximum atomic E-state index is 3.46. The highest BCUT2D eigenvalue weighted by Gasteiger charge is 2.35. The second-order valence-corrected chi connectivity index (χ2v) is 6.46. The van der Waals surface area contributed by atoms with Crippen molar-refractivity contribution in [1.29, 1.82) is 0 Å². The highest BCUT2D eigenvalue weighted by atomic mass is 15.3. The highest BCUT2D eigenvalue weighted by molar-refractivity contribution is 5.23. The molecule has 0 radical (unpaired) electrons. The fourth-order valence-corrected chi connectivity index (χ4v) is 3.84. The summed E-state index contributed by atoms with van der Waals surface area (Å²) in [5.41, 5.74) is 1.77. The van der Waals surface area contributed by atoms with E-state index < -0.39 is 0 Å². The fourth-order valence-electron chi connectivity index (χ4n) is 3.84. The second kappa shape index (κ2) is 6.38. The van der Waals surface area contributed by atoms with Gasteiger partial charge in [-0.05, 0) is 59.2 Å². The number of nitrogens with zero attached hydrogens (tertiary/aromatic N) is 2. The summed E-state index contributed by atoms with van der Waals surface area (Å²) in [4.78, 5) is 5.30. The predicted molar refractivity (Wildman–Crippen MR) is 82.5 cm³/mol. The fraction of sp³-hybridized carbons (Fsp3) is 0.875. The van der Waals surface area contributed by atoms with Gasteiger partial charge in [0.15, 0.2) is 0 Å². The summed E-state index contributed by atoms with van der Waals surface area (Å²) in [7, 11) is 0. The minimum absolute atomic E-state index is 0.179. The monoisotopic (exact) mass is 265 g/mol. The number of hydrogen-bond acceptors (Lipinski definition) is 3. The van der Waals surface area contributed by atoms with Crippen LogP contribution in [0.25, 0.3) is 0 Å². The summed E-state index contributed by atoms with van der Waals surface area (Å²) in [6.45, 7) is 16.5. The summed E-state index contributed by atoms with van der Waals surface area (Å²) < 4.78 is 0. The molecule has 2 aliphatic rings. The molecule has 1 unspecified atom stereocenters. The SMILES string of the molecule is C/C=C(\C(C)N1CCCC1)C(C)(C)N1CCNCC1. The largest absolute Gasteiger partial charge is 0.314 e. The quantitative estimate of drug-likeness (QED) is 0.785. The summed E-state index contributed by atoms with van der Waals surface area (Å²) in [5, 5.41) is 3.46. The second-order valence-electron chi connectivity index (χ2n) is 6.46. The molecule has 2 fully saturated rings. The minimum atomic E-state index is 0.179. The van der Waals surface area contributed by atoms with Crippen LogP contribution in [0.15, 0.2) is 11.6 Å². The van der Waals surface area contributed by atoms with Crippen molar-refractivity contribution in [2.45, 2.75) is 52.1 Å². The summed E-state index contributed by atoms with van der Waals surface area (Å²) >= 11 is 0. The Hall–Kier alpha value is -0.380. The Morgan fingerprint density at radius 1 is 1.11 bits per heavy atom. The van der Waals surface area contributed by atoms with E-state index >= 15 is 0 Å². The third-order valence-electron chi connectivity index (χ3n) is 5.06. The third-order valence-corrected chi connectivity index (χ3v) is 5.06. The van der Waals surface area contributed by atoms with Gasteiger partial charge in [0.1, 0.15) is 0 Å². The molecule has 3 nitrogen and oxygen atoms in total. The van der Waals surface area contributed by atoms with Crippen LogP contribution in [0.5, 0.6) is 0 Å². The molecule has 0 aromatic heterocycles. The normalized spacial score (nSPS) is 25.8. The Balaban J connectivity index is 2.10. The van der Waals surface area contributed by atoms with Gasteiger partial charge in [-0.3, -0.25) is 9.80 Å². The summed E-state index contributed by atoms with van der Waals surface area (Å²) in [6.07, 6.45) is 5.11. The van der Waals surface area contributed by atoms with Crippen LogP contribution in [0.1, 0.15) is 40.5 Å². The molecule has 0 aromatic rings. The van der Waals surface area contributed by atoms with Gasteiger partial charge < -0.3 is 5.32 Å². The number of rotatable bonds is 4. The van der Waals surface area contributed by atoms with Crippen LogP contribution in [0.4, 0.5) is 0 Å². The van der Waals surface area contributed by atoms with E-state index in [2.05, 4.69) is 48.9 Å². The molecule has 2 saturated heterocycles. The number of piperazine rings is 1. The molecule has 2 aliphatic heterocycles. The van der Waals surface area contributed by atoms with Crippen molar-refractivity contribution >= 4 is 0 Å². The first-order valence-corrected chi connectivity index (χ1v) is 7.94. The minimum Gasteiger partial charge on any atom is -0.314 e. The Labute approximate surface area is 119 Å². The van der Waals surface area contributed by atoms with Crippen molar-refractivity contribution < 1.29 is 0 Å². The molecule has 0 saturated carbocycles. The van der Waals surface area contributed by atoms with Gasteiger partial charge in [0, 0.05) is 37.8 Å². The van der Waals surface area contributed by atoms with Gasteiger partial charge >= 0.3 is 0 Å². The number of hydrogen-bond donors (Lipinski definition) is 1. The lowest BCUT2D eigenvalue weighted by Gasteiger charge is -2.46. The molecule has 19 heavy (non-hydrogen) atoms. The van der Waals surface area contributed by atoms with Crippen LogP contribution >= 0.6 is 0 Å². The molecule has 110 valence electrons. The van der Waals surface area contributed by atoms with Crippen molar-refractivity contribution in [3.8, 4) is 0 Å². The lowest BCUT2D eigenvalue weighted by atomic mass is 9.85.